The summed E-state index contributed by atoms with van der Waals surface area (Å²) >= 11 is 0. The Hall–Kier alpha value is -2.36. The van der Waals surface area contributed by atoms with Crippen LogP contribution in [0.1, 0.15) is 11.1 Å². The molecule has 0 aliphatic carbocycles. The van der Waals surface area contributed by atoms with E-state index in [2.05, 4.69) is 4.74 Å². The maximum Gasteiger partial charge on any atom is 0.328 e. The molecular formula is C12H10O4. The van der Waals surface area contributed by atoms with Gasteiger partial charge in [-0.3, -0.25) is 4.79 Å². The lowest BCUT2D eigenvalue weighted by Crippen LogP contribution is -1.85. The molecule has 1 aromatic rings. The second-order valence-electron chi connectivity index (χ2n) is 2.87. The zero-order valence-corrected chi connectivity index (χ0v) is 8.37. The molecule has 0 unspecified atom stereocenters. The first-order valence-electron chi connectivity index (χ1n) is 4.49. The normalized spacial score (nSPS) is 10.8. The maximum absolute atomic E-state index is 10.3. The molecule has 16 heavy (non-hydrogen) atoms. The zero-order chi connectivity index (χ0) is 11.8. The Balaban J connectivity index is 2.67. The van der Waals surface area contributed by atoms with E-state index < -0.39 is 5.97 Å². The van der Waals surface area contributed by atoms with Crippen LogP contribution in [0.25, 0.3) is 12.2 Å². The Bertz CT molecular complexity index is 415. The molecule has 0 bridgehead atoms. The highest BCUT2D eigenvalue weighted by Gasteiger charge is 1.90. The fourth-order valence-electron chi connectivity index (χ4n) is 1.04. The molecule has 1 aromatic carbocycles. The number of aliphatic carboxylic acids is 1. The molecular weight excluding hydrogens is 208 g/mol. The van der Waals surface area contributed by atoms with Gasteiger partial charge in [0.05, 0.1) is 6.26 Å². The van der Waals surface area contributed by atoms with Gasteiger partial charge in [-0.2, -0.15) is 0 Å². The van der Waals surface area contributed by atoms with Gasteiger partial charge in [0.25, 0.3) is 6.47 Å². The standard InChI is InChI=1S/C12H10O4/c13-9-16-8-7-11-3-1-10(2-4-11)5-6-12(14)15/h1-9H,(H,14,15)/b6-5+,8-7+. The third-order valence-corrected chi connectivity index (χ3v) is 1.75. The van der Waals surface area contributed by atoms with Gasteiger partial charge in [-0.15, -0.1) is 0 Å². The second kappa shape index (κ2) is 6.19. The van der Waals surface area contributed by atoms with Crippen LogP contribution in [0, 0.1) is 0 Å². The number of carboxylic acids is 1. The molecule has 0 saturated carbocycles. The van der Waals surface area contributed by atoms with Crippen molar-refractivity contribution in [1.82, 2.24) is 0 Å². The fraction of sp³-hybridized carbons (Fsp3) is 0. The first kappa shape index (κ1) is 11.7. The molecule has 0 aliphatic heterocycles. The summed E-state index contributed by atoms with van der Waals surface area (Å²) in [6, 6.07) is 7.10. The third-order valence-electron chi connectivity index (χ3n) is 1.75. The number of carbonyl (C=O) groups is 2. The lowest BCUT2D eigenvalue weighted by Gasteiger charge is -1.95. The molecule has 0 atom stereocenters. The summed E-state index contributed by atoms with van der Waals surface area (Å²) in [6.45, 7) is 0.334. The van der Waals surface area contributed by atoms with Crippen LogP contribution in [0.3, 0.4) is 0 Å². The molecule has 82 valence electrons. The smallest absolute Gasteiger partial charge is 0.328 e. The average molecular weight is 218 g/mol. The van der Waals surface area contributed by atoms with Crippen LogP contribution in [-0.2, 0) is 14.3 Å². The number of benzene rings is 1. The van der Waals surface area contributed by atoms with Gasteiger partial charge in [0.2, 0.25) is 0 Å². The van der Waals surface area contributed by atoms with Gasteiger partial charge in [-0.25, -0.2) is 4.79 Å². The maximum atomic E-state index is 10.3. The molecule has 1 rings (SSSR count). The van der Waals surface area contributed by atoms with E-state index in [9.17, 15) is 9.59 Å². The summed E-state index contributed by atoms with van der Waals surface area (Å²) < 4.78 is 4.39. The van der Waals surface area contributed by atoms with Gasteiger partial charge in [-0.1, -0.05) is 24.3 Å². The molecule has 4 heteroatoms. The predicted octanol–water partition coefficient (Wildman–Crippen LogP) is 1.93. The van der Waals surface area contributed by atoms with Crippen molar-refractivity contribution in [2.45, 2.75) is 0 Å². The number of carbonyl (C=O) groups excluding carboxylic acids is 1. The molecule has 0 spiro atoms. The van der Waals surface area contributed by atoms with E-state index in [4.69, 9.17) is 5.11 Å². The van der Waals surface area contributed by atoms with Crippen molar-refractivity contribution in [3.8, 4) is 0 Å². The van der Waals surface area contributed by atoms with E-state index >= 15 is 0 Å². The highest BCUT2D eigenvalue weighted by molar-refractivity contribution is 5.85. The summed E-state index contributed by atoms with van der Waals surface area (Å²) in [5, 5.41) is 8.43. The number of rotatable bonds is 5. The summed E-state index contributed by atoms with van der Waals surface area (Å²) in [5.41, 5.74) is 1.64. The van der Waals surface area contributed by atoms with Crippen LogP contribution in [0.15, 0.2) is 36.6 Å². The van der Waals surface area contributed by atoms with Crippen LogP contribution in [0.4, 0.5) is 0 Å². The van der Waals surface area contributed by atoms with Gasteiger partial charge in [0.15, 0.2) is 0 Å². The van der Waals surface area contributed by atoms with Gasteiger partial charge >= 0.3 is 5.97 Å². The molecule has 0 radical (unpaired) electrons. The first-order valence-corrected chi connectivity index (χ1v) is 4.49. The fourth-order valence-corrected chi connectivity index (χ4v) is 1.04. The molecule has 0 aromatic heterocycles. The number of ether oxygens (including phenoxy) is 1. The molecule has 1 N–H and O–H groups in total. The summed E-state index contributed by atoms with van der Waals surface area (Å²) in [5.74, 6) is -0.983. The molecule has 0 amide bonds. The van der Waals surface area contributed by atoms with Gasteiger partial charge in [-0.05, 0) is 23.3 Å². The van der Waals surface area contributed by atoms with E-state index in [1.807, 2.05) is 0 Å². The summed E-state index contributed by atoms with van der Waals surface area (Å²) in [6.07, 6.45) is 5.46. The molecule has 0 saturated heterocycles. The quantitative estimate of drug-likeness (QED) is 0.466. The van der Waals surface area contributed by atoms with Crippen molar-refractivity contribution in [1.29, 1.82) is 0 Å². The van der Waals surface area contributed by atoms with E-state index in [1.165, 1.54) is 12.3 Å². The average Bonchev–Trinajstić information content (AvgIpc) is 2.28. The van der Waals surface area contributed by atoms with Gasteiger partial charge < -0.3 is 9.84 Å². The van der Waals surface area contributed by atoms with Crippen LogP contribution < -0.4 is 0 Å². The van der Waals surface area contributed by atoms with Crippen LogP contribution in [0.2, 0.25) is 0 Å². The van der Waals surface area contributed by atoms with Crippen molar-refractivity contribution in [2.75, 3.05) is 0 Å². The van der Waals surface area contributed by atoms with Crippen molar-refractivity contribution >= 4 is 24.6 Å². The van der Waals surface area contributed by atoms with Crippen molar-refractivity contribution < 1.29 is 19.4 Å². The number of hydrogen-bond donors (Lipinski definition) is 1. The zero-order valence-electron chi connectivity index (χ0n) is 8.37. The lowest BCUT2D eigenvalue weighted by molar-refractivity contribution is -0.131. The minimum atomic E-state index is -0.983. The Kier molecular flexibility index (Phi) is 4.53. The van der Waals surface area contributed by atoms with Crippen molar-refractivity contribution in [3.05, 3.63) is 47.7 Å². The van der Waals surface area contributed by atoms with E-state index in [0.717, 1.165) is 17.2 Å². The Labute approximate surface area is 92.5 Å². The minimum absolute atomic E-state index is 0.334. The lowest BCUT2D eigenvalue weighted by atomic mass is 10.1. The molecule has 0 aliphatic rings. The Morgan fingerprint density at radius 3 is 2.19 bits per heavy atom. The van der Waals surface area contributed by atoms with Crippen LogP contribution in [-0.4, -0.2) is 17.5 Å². The highest BCUT2D eigenvalue weighted by atomic mass is 16.5. The van der Waals surface area contributed by atoms with Crippen LogP contribution >= 0.6 is 0 Å². The topological polar surface area (TPSA) is 63.6 Å². The predicted molar refractivity (Wildman–Crippen MR) is 59.3 cm³/mol. The van der Waals surface area contributed by atoms with Gasteiger partial charge in [0.1, 0.15) is 0 Å². The van der Waals surface area contributed by atoms with Crippen molar-refractivity contribution in [3.63, 3.8) is 0 Å². The van der Waals surface area contributed by atoms with Gasteiger partial charge in [0, 0.05) is 6.08 Å². The molecule has 0 fully saturated rings. The Morgan fingerprint density at radius 1 is 1.12 bits per heavy atom. The number of carboxylic acid groups (broad SMARTS) is 1. The minimum Gasteiger partial charge on any atom is -0.478 e. The second-order valence-corrected chi connectivity index (χ2v) is 2.87. The largest absolute Gasteiger partial charge is 0.478 e. The molecule has 0 heterocycles. The van der Waals surface area contributed by atoms with Crippen molar-refractivity contribution in [2.24, 2.45) is 0 Å². The monoisotopic (exact) mass is 218 g/mol. The number of hydrogen-bond acceptors (Lipinski definition) is 3. The van der Waals surface area contributed by atoms with Crippen LogP contribution in [0.5, 0.6) is 0 Å². The first-order chi connectivity index (χ1) is 7.72. The molecule has 4 nitrogen and oxygen atoms in total. The highest BCUT2D eigenvalue weighted by Crippen LogP contribution is 2.07. The SMILES string of the molecule is O=CO/C=C/c1ccc(/C=C/C(=O)O)cc1. The third kappa shape index (κ3) is 4.23. The van der Waals surface area contributed by atoms with E-state index in [1.54, 1.807) is 30.3 Å². The summed E-state index contributed by atoms with van der Waals surface area (Å²) in [7, 11) is 0. The Morgan fingerprint density at radius 2 is 1.69 bits per heavy atom. The van der Waals surface area contributed by atoms with E-state index in [-0.39, 0.29) is 0 Å². The summed E-state index contributed by atoms with van der Waals surface area (Å²) in [4.78, 5) is 20.1. The van der Waals surface area contributed by atoms with E-state index in [0.29, 0.717) is 6.47 Å².